The molecule has 1 rings (SSSR count). The van der Waals surface area contributed by atoms with E-state index in [4.69, 9.17) is 0 Å². The summed E-state index contributed by atoms with van der Waals surface area (Å²) in [7, 11) is 0. The van der Waals surface area contributed by atoms with E-state index in [1.807, 2.05) is 26.0 Å². The summed E-state index contributed by atoms with van der Waals surface area (Å²) in [5.41, 5.74) is 2.10. The van der Waals surface area contributed by atoms with E-state index in [2.05, 4.69) is 25.7 Å². The molecule has 1 aromatic carbocycles. The van der Waals surface area contributed by atoms with Gasteiger partial charge in [0.1, 0.15) is 0 Å². The molecule has 0 aromatic heterocycles. The van der Waals surface area contributed by atoms with Gasteiger partial charge in [0, 0.05) is 17.7 Å². The molecular weight excluding hydrogens is 264 g/mol. The molecule has 0 aliphatic rings. The first-order valence-corrected chi connectivity index (χ1v) is 7.94. The van der Waals surface area contributed by atoms with E-state index in [-0.39, 0.29) is 22.6 Å². The molecule has 0 saturated carbocycles. The Balaban J connectivity index is 3.12. The van der Waals surface area contributed by atoms with Crippen molar-refractivity contribution in [1.29, 1.82) is 0 Å². The minimum absolute atomic E-state index is 0.164. The summed E-state index contributed by atoms with van der Waals surface area (Å²) in [6.45, 7) is 12.5. The van der Waals surface area contributed by atoms with E-state index in [0.29, 0.717) is 0 Å². The van der Waals surface area contributed by atoms with Crippen LogP contribution in [0.2, 0.25) is 0 Å². The van der Waals surface area contributed by atoms with Crippen LogP contribution in [0.15, 0.2) is 18.2 Å². The second-order valence-electron chi connectivity index (χ2n) is 5.94. The SMILES string of the molecule is CCCN(CCC)C(C)c1ccc(C(C)C)c([N+](=O)[O-])c1. The van der Waals surface area contributed by atoms with Gasteiger partial charge in [-0.2, -0.15) is 0 Å². The van der Waals surface area contributed by atoms with Gasteiger partial charge in [-0.1, -0.05) is 39.8 Å². The summed E-state index contributed by atoms with van der Waals surface area (Å²) >= 11 is 0. The predicted molar refractivity (Wildman–Crippen MR) is 87.8 cm³/mol. The molecule has 0 amide bonds. The number of nitrogens with zero attached hydrogens (tertiary/aromatic N) is 2. The maximum Gasteiger partial charge on any atom is 0.273 e. The molecule has 0 saturated heterocycles. The van der Waals surface area contributed by atoms with E-state index >= 15 is 0 Å². The molecular formula is C17H28N2O2. The van der Waals surface area contributed by atoms with Gasteiger partial charge in [-0.3, -0.25) is 15.0 Å². The first-order chi connectivity index (χ1) is 9.92. The van der Waals surface area contributed by atoms with Gasteiger partial charge in [-0.05, 0) is 44.3 Å². The van der Waals surface area contributed by atoms with Gasteiger partial charge >= 0.3 is 0 Å². The molecule has 0 bridgehead atoms. The van der Waals surface area contributed by atoms with Crippen LogP contribution < -0.4 is 0 Å². The number of rotatable bonds is 8. The molecule has 4 heteroatoms. The normalized spacial score (nSPS) is 12.9. The van der Waals surface area contributed by atoms with Crippen LogP contribution in [-0.4, -0.2) is 22.9 Å². The molecule has 0 aliphatic carbocycles. The molecule has 1 aromatic rings. The summed E-state index contributed by atoms with van der Waals surface area (Å²) in [5, 5.41) is 11.3. The summed E-state index contributed by atoms with van der Waals surface area (Å²) in [6, 6.07) is 5.94. The number of hydrogen-bond acceptors (Lipinski definition) is 3. The Morgan fingerprint density at radius 3 is 2.14 bits per heavy atom. The molecule has 21 heavy (non-hydrogen) atoms. The Morgan fingerprint density at radius 2 is 1.71 bits per heavy atom. The van der Waals surface area contributed by atoms with Crippen LogP contribution in [-0.2, 0) is 0 Å². The number of nitro groups is 1. The van der Waals surface area contributed by atoms with E-state index in [9.17, 15) is 10.1 Å². The van der Waals surface area contributed by atoms with Crippen LogP contribution in [0.5, 0.6) is 0 Å². The predicted octanol–water partition coefficient (Wildman–Crippen LogP) is 4.90. The number of benzene rings is 1. The first-order valence-electron chi connectivity index (χ1n) is 7.94. The van der Waals surface area contributed by atoms with Crippen LogP contribution in [0.25, 0.3) is 0 Å². The highest BCUT2D eigenvalue weighted by Gasteiger charge is 2.21. The number of nitro benzene ring substituents is 1. The van der Waals surface area contributed by atoms with Gasteiger partial charge in [0.05, 0.1) is 4.92 Å². The fourth-order valence-corrected chi connectivity index (χ4v) is 2.75. The van der Waals surface area contributed by atoms with E-state index in [0.717, 1.165) is 37.1 Å². The van der Waals surface area contributed by atoms with Gasteiger partial charge < -0.3 is 0 Å². The van der Waals surface area contributed by atoms with E-state index < -0.39 is 0 Å². The molecule has 1 unspecified atom stereocenters. The molecule has 0 fully saturated rings. The van der Waals surface area contributed by atoms with Crippen molar-refractivity contribution < 1.29 is 4.92 Å². The zero-order valence-corrected chi connectivity index (χ0v) is 13.9. The van der Waals surface area contributed by atoms with Crippen LogP contribution in [0.3, 0.4) is 0 Å². The molecule has 4 nitrogen and oxygen atoms in total. The third-order valence-electron chi connectivity index (χ3n) is 3.92. The summed E-state index contributed by atoms with van der Waals surface area (Å²) < 4.78 is 0. The molecule has 0 aliphatic heterocycles. The lowest BCUT2D eigenvalue weighted by atomic mass is 9.96. The summed E-state index contributed by atoms with van der Waals surface area (Å²) in [4.78, 5) is 13.5. The van der Waals surface area contributed by atoms with Gasteiger partial charge in [0.15, 0.2) is 0 Å². The standard InChI is InChI=1S/C17H28N2O2/c1-6-10-18(11-7-2)14(5)15-8-9-16(13(3)4)17(12-15)19(20)21/h8-9,12-14H,6-7,10-11H2,1-5H3. The first kappa shape index (κ1) is 17.6. The van der Waals surface area contributed by atoms with Crippen LogP contribution >= 0.6 is 0 Å². The highest BCUT2D eigenvalue weighted by molar-refractivity contribution is 5.45. The number of hydrogen-bond donors (Lipinski definition) is 0. The lowest BCUT2D eigenvalue weighted by Gasteiger charge is -2.29. The van der Waals surface area contributed by atoms with Crippen molar-refractivity contribution in [2.45, 2.75) is 59.4 Å². The molecule has 0 spiro atoms. The maximum atomic E-state index is 11.3. The Hall–Kier alpha value is -1.42. The minimum Gasteiger partial charge on any atom is -0.297 e. The maximum absolute atomic E-state index is 11.3. The third kappa shape index (κ3) is 4.53. The van der Waals surface area contributed by atoms with Crippen molar-refractivity contribution in [2.75, 3.05) is 13.1 Å². The minimum atomic E-state index is -0.254. The molecule has 118 valence electrons. The Morgan fingerprint density at radius 1 is 1.14 bits per heavy atom. The summed E-state index contributed by atoms with van der Waals surface area (Å²) in [6.07, 6.45) is 2.19. The van der Waals surface area contributed by atoms with Crippen LogP contribution in [0.1, 0.15) is 70.5 Å². The molecule has 0 N–H and O–H groups in total. The molecule has 0 radical (unpaired) electrons. The molecule has 0 heterocycles. The van der Waals surface area contributed by atoms with Crippen molar-refractivity contribution in [1.82, 2.24) is 4.90 Å². The van der Waals surface area contributed by atoms with Gasteiger partial charge in [0.25, 0.3) is 5.69 Å². The van der Waals surface area contributed by atoms with Crippen molar-refractivity contribution in [3.63, 3.8) is 0 Å². The van der Waals surface area contributed by atoms with E-state index in [1.165, 1.54) is 0 Å². The largest absolute Gasteiger partial charge is 0.297 e. The fourth-order valence-electron chi connectivity index (χ4n) is 2.75. The Bertz CT molecular complexity index is 466. The van der Waals surface area contributed by atoms with Crippen LogP contribution in [0, 0.1) is 10.1 Å². The highest BCUT2D eigenvalue weighted by atomic mass is 16.6. The van der Waals surface area contributed by atoms with Crippen molar-refractivity contribution >= 4 is 5.69 Å². The second kappa shape index (κ2) is 8.13. The van der Waals surface area contributed by atoms with E-state index in [1.54, 1.807) is 6.07 Å². The second-order valence-corrected chi connectivity index (χ2v) is 5.94. The lowest BCUT2D eigenvalue weighted by molar-refractivity contribution is -0.385. The monoisotopic (exact) mass is 292 g/mol. The zero-order valence-electron chi connectivity index (χ0n) is 13.9. The van der Waals surface area contributed by atoms with Gasteiger partial charge in [0.2, 0.25) is 0 Å². The van der Waals surface area contributed by atoms with Crippen molar-refractivity contribution in [3.8, 4) is 0 Å². The highest BCUT2D eigenvalue weighted by Crippen LogP contribution is 2.31. The topological polar surface area (TPSA) is 46.4 Å². The third-order valence-corrected chi connectivity index (χ3v) is 3.92. The van der Waals surface area contributed by atoms with Crippen molar-refractivity contribution in [2.24, 2.45) is 0 Å². The van der Waals surface area contributed by atoms with Crippen molar-refractivity contribution in [3.05, 3.63) is 39.4 Å². The summed E-state index contributed by atoms with van der Waals surface area (Å²) in [5.74, 6) is 0.164. The average Bonchev–Trinajstić information content (AvgIpc) is 2.45. The quantitative estimate of drug-likeness (QED) is 0.505. The Kier molecular flexibility index (Phi) is 6.82. The fraction of sp³-hybridized carbons (Fsp3) is 0.647. The van der Waals surface area contributed by atoms with Gasteiger partial charge in [-0.15, -0.1) is 0 Å². The lowest BCUT2D eigenvalue weighted by Crippen LogP contribution is -2.28. The van der Waals surface area contributed by atoms with Gasteiger partial charge in [-0.25, -0.2) is 0 Å². The van der Waals surface area contributed by atoms with Crippen LogP contribution in [0.4, 0.5) is 5.69 Å². The Labute approximate surface area is 128 Å². The zero-order chi connectivity index (χ0) is 16.0. The smallest absolute Gasteiger partial charge is 0.273 e. The molecule has 1 atom stereocenters. The average molecular weight is 292 g/mol.